The first-order chi connectivity index (χ1) is 22.0. The zero-order chi connectivity index (χ0) is 33.0. The third kappa shape index (κ3) is 7.10. The molecular formula is C33H35ClFN5O4S2. The highest BCUT2D eigenvalue weighted by Crippen LogP contribution is 2.39. The first kappa shape index (κ1) is 33.5. The van der Waals surface area contributed by atoms with Crippen LogP contribution in [0.2, 0.25) is 5.02 Å². The molecule has 0 aliphatic rings. The number of halogens is 2. The number of aromatic nitrogens is 3. The lowest BCUT2D eigenvalue weighted by Crippen LogP contribution is -2.39. The van der Waals surface area contributed by atoms with Crippen molar-refractivity contribution in [1.29, 1.82) is 0 Å². The van der Waals surface area contributed by atoms with Gasteiger partial charge >= 0.3 is 0 Å². The summed E-state index contributed by atoms with van der Waals surface area (Å²) in [6, 6.07) is 14.8. The molecule has 242 valence electrons. The molecule has 0 saturated carbocycles. The number of hydrogen-bond donors (Lipinski definition) is 1. The molecule has 0 amide bonds. The Morgan fingerprint density at radius 2 is 1.87 bits per heavy atom. The van der Waals surface area contributed by atoms with Gasteiger partial charge in [-0.25, -0.2) is 27.8 Å². The van der Waals surface area contributed by atoms with Gasteiger partial charge in [0.15, 0.2) is 0 Å². The van der Waals surface area contributed by atoms with Crippen molar-refractivity contribution in [3.8, 4) is 22.8 Å². The Balaban J connectivity index is 1.44. The number of nitrogens with one attached hydrogen (secondary N) is 1. The summed E-state index contributed by atoms with van der Waals surface area (Å²) in [6.07, 6.45) is 2.05. The van der Waals surface area contributed by atoms with E-state index in [0.717, 1.165) is 10.9 Å². The van der Waals surface area contributed by atoms with Crippen molar-refractivity contribution in [2.24, 2.45) is 0 Å². The fourth-order valence-electron chi connectivity index (χ4n) is 5.09. The lowest BCUT2D eigenvalue weighted by atomic mass is 10.1. The topological polar surface area (TPSA) is 107 Å². The molecule has 5 rings (SSSR count). The summed E-state index contributed by atoms with van der Waals surface area (Å²) >= 11 is 7.96. The standard InChI is InChI=1S/C33H35ClFN5O4S2/c1-6-29(40(7-2)46(41,42)20(3)4)33-39-28(18-45-33)24-15-25-27(16-31(24)43-5)36-19-37-32(25)38-23-11-12-30(26(34)14-23)44-17-21-9-8-10-22(35)13-21/h8-16,18-20,29H,6-7,17H2,1-5H3,(H,36,37,38). The van der Waals surface area contributed by atoms with Crippen molar-refractivity contribution in [3.05, 3.63) is 87.7 Å². The monoisotopic (exact) mass is 683 g/mol. The Labute approximate surface area is 277 Å². The molecule has 2 heterocycles. The van der Waals surface area contributed by atoms with E-state index in [-0.39, 0.29) is 18.5 Å². The van der Waals surface area contributed by atoms with Gasteiger partial charge in [0.05, 0.1) is 34.6 Å². The van der Waals surface area contributed by atoms with Crippen molar-refractivity contribution in [2.45, 2.75) is 52.0 Å². The molecule has 1 unspecified atom stereocenters. The van der Waals surface area contributed by atoms with Crippen LogP contribution >= 0.6 is 22.9 Å². The number of fused-ring (bicyclic) bond motifs is 1. The number of sulfonamides is 1. The van der Waals surface area contributed by atoms with Crippen LogP contribution in [0.5, 0.6) is 11.5 Å². The molecule has 9 nitrogen and oxygen atoms in total. The molecule has 2 aromatic heterocycles. The highest BCUT2D eigenvalue weighted by Gasteiger charge is 2.33. The number of hydrogen-bond acceptors (Lipinski definition) is 9. The van der Waals surface area contributed by atoms with Gasteiger partial charge in [0.2, 0.25) is 10.0 Å². The summed E-state index contributed by atoms with van der Waals surface area (Å²) in [5.74, 6) is 1.25. The number of benzene rings is 3. The van der Waals surface area contributed by atoms with E-state index in [0.29, 0.717) is 62.8 Å². The van der Waals surface area contributed by atoms with E-state index in [9.17, 15) is 12.8 Å². The minimum atomic E-state index is -3.48. The van der Waals surface area contributed by atoms with Gasteiger partial charge in [0.1, 0.15) is 41.1 Å². The molecular weight excluding hydrogens is 649 g/mol. The highest BCUT2D eigenvalue weighted by atomic mass is 35.5. The fraction of sp³-hybridized carbons (Fsp3) is 0.303. The number of anilines is 2. The minimum absolute atomic E-state index is 0.173. The summed E-state index contributed by atoms with van der Waals surface area (Å²) in [7, 11) is -1.90. The number of thiazole rings is 1. The second-order valence-electron chi connectivity index (χ2n) is 10.8. The van der Waals surface area contributed by atoms with E-state index in [1.807, 2.05) is 37.4 Å². The Morgan fingerprint density at radius 1 is 1.07 bits per heavy atom. The van der Waals surface area contributed by atoms with Crippen LogP contribution in [0, 0.1) is 5.82 Å². The SMILES string of the molecule is CCC(c1nc(-c2cc3c(Nc4ccc(OCc5cccc(F)c5)c(Cl)c4)ncnc3cc2OC)cs1)N(CC)S(=O)(=O)C(C)C. The quantitative estimate of drug-likeness (QED) is 0.132. The zero-order valence-corrected chi connectivity index (χ0v) is 28.5. The van der Waals surface area contributed by atoms with E-state index < -0.39 is 15.3 Å². The fourth-order valence-corrected chi connectivity index (χ4v) is 7.91. The van der Waals surface area contributed by atoms with Crippen molar-refractivity contribution < 1.29 is 22.3 Å². The molecule has 0 aliphatic heterocycles. The van der Waals surface area contributed by atoms with Gasteiger partial charge in [-0.3, -0.25) is 0 Å². The van der Waals surface area contributed by atoms with Gasteiger partial charge in [0, 0.05) is 34.6 Å². The van der Waals surface area contributed by atoms with Gasteiger partial charge in [-0.05, 0) is 62.2 Å². The predicted molar refractivity (Wildman–Crippen MR) is 182 cm³/mol. The smallest absolute Gasteiger partial charge is 0.217 e. The van der Waals surface area contributed by atoms with Crippen LogP contribution in [-0.4, -0.2) is 46.6 Å². The molecule has 0 radical (unpaired) electrons. The van der Waals surface area contributed by atoms with Gasteiger partial charge in [0.25, 0.3) is 0 Å². The van der Waals surface area contributed by atoms with Crippen molar-refractivity contribution in [2.75, 3.05) is 19.0 Å². The Morgan fingerprint density at radius 3 is 2.54 bits per heavy atom. The molecule has 0 bridgehead atoms. The summed E-state index contributed by atoms with van der Waals surface area (Å²) < 4.78 is 52.9. The maximum Gasteiger partial charge on any atom is 0.217 e. The lowest BCUT2D eigenvalue weighted by Gasteiger charge is -2.29. The second kappa shape index (κ2) is 14.3. The van der Waals surface area contributed by atoms with Gasteiger partial charge in [-0.15, -0.1) is 11.3 Å². The van der Waals surface area contributed by atoms with Crippen molar-refractivity contribution in [3.63, 3.8) is 0 Å². The molecule has 3 aromatic carbocycles. The molecule has 0 spiro atoms. The Hall–Kier alpha value is -3.84. The molecule has 0 aliphatic carbocycles. The number of ether oxygens (including phenoxy) is 2. The zero-order valence-electron chi connectivity index (χ0n) is 26.1. The average Bonchev–Trinajstić information content (AvgIpc) is 3.52. The molecule has 1 N–H and O–H groups in total. The predicted octanol–water partition coefficient (Wildman–Crippen LogP) is 8.39. The first-order valence-electron chi connectivity index (χ1n) is 14.8. The number of rotatable bonds is 13. The summed E-state index contributed by atoms with van der Waals surface area (Å²) in [6.45, 7) is 7.72. The second-order valence-corrected chi connectivity index (χ2v) is 14.5. The van der Waals surface area contributed by atoms with Crippen molar-refractivity contribution in [1.82, 2.24) is 19.3 Å². The largest absolute Gasteiger partial charge is 0.496 e. The minimum Gasteiger partial charge on any atom is -0.496 e. The van der Waals surface area contributed by atoms with Crippen LogP contribution in [0.3, 0.4) is 0 Å². The van der Waals surface area contributed by atoms with Gasteiger partial charge in [-0.2, -0.15) is 4.31 Å². The summed E-state index contributed by atoms with van der Waals surface area (Å²) in [4.78, 5) is 13.8. The number of methoxy groups -OCH3 is 1. The maximum absolute atomic E-state index is 13.5. The van der Waals surface area contributed by atoms with Crippen LogP contribution in [0.4, 0.5) is 15.9 Å². The molecule has 13 heteroatoms. The first-order valence-corrected chi connectivity index (χ1v) is 17.5. The molecule has 5 aromatic rings. The van der Waals surface area contributed by atoms with E-state index in [2.05, 4.69) is 15.3 Å². The molecule has 0 saturated heterocycles. The van der Waals surface area contributed by atoms with E-state index in [1.54, 1.807) is 45.2 Å². The third-order valence-electron chi connectivity index (χ3n) is 7.49. The van der Waals surface area contributed by atoms with E-state index >= 15 is 0 Å². The highest BCUT2D eigenvalue weighted by molar-refractivity contribution is 7.89. The van der Waals surface area contributed by atoms with Crippen LogP contribution < -0.4 is 14.8 Å². The molecule has 0 fully saturated rings. The molecule has 46 heavy (non-hydrogen) atoms. The van der Waals surface area contributed by atoms with Crippen molar-refractivity contribution >= 4 is 55.4 Å². The lowest BCUT2D eigenvalue weighted by molar-refractivity contribution is 0.306. The summed E-state index contributed by atoms with van der Waals surface area (Å²) in [5.41, 5.74) is 3.40. The van der Waals surface area contributed by atoms with Crippen LogP contribution in [-0.2, 0) is 16.6 Å². The number of nitrogens with zero attached hydrogens (tertiary/aromatic N) is 4. The Bertz CT molecular complexity index is 1950. The van der Waals surface area contributed by atoms with Gasteiger partial charge < -0.3 is 14.8 Å². The maximum atomic E-state index is 13.5. The average molecular weight is 684 g/mol. The summed E-state index contributed by atoms with van der Waals surface area (Å²) in [5, 5.41) is 6.51. The van der Waals surface area contributed by atoms with Crippen LogP contribution in [0.25, 0.3) is 22.2 Å². The van der Waals surface area contributed by atoms with Crippen LogP contribution in [0.15, 0.2) is 66.3 Å². The van der Waals surface area contributed by atoms with E-state index in [1.165, 1.54) is 34.1 Å². The normalized spacial score (nSPS) is 12.5. The van der Waals surface area contributed by atoms with E-state index in [4.69, 9.17) is 26.1 Å². The third-order valence-corrected chi connectivity index (χ3v) is 11.1. The Kier molecular flexibility index (Phi) is 10.4. The molecule has 1 atom stereocenters. The van der Waals surface area contributed by atoms with Gasteiger partial charge in [-0.1, -0.05) is 37.6 Å². The van der Waals surface area contributed by atoms with Crippen LogP contribution in [0.1, 0.15) is 50.7 Å².